The molecular weight excluding hydrogens is 263 g/mol. The molecule has 0 saturated carbocycles. The summed E-state index contributed by atoms with van der Waals surface area (Å²) in [6, 6.07) is 10.5. The highest BCUT2D eigenvalue weighted by atomic mass is 31.1. The minimum atomic E-state index is 0.516. The Bertz CT molecular complexity index is 300. The van der Waals surface area contributed by atoms with Crippen molar-refractivity contribution in [3.8, 4) is 0 Å². The number of benzene rings is 1. The van der Waals surface area contributed by atoms with Crippen LogP contribution >= 0.6 is 8.81 Å². The first-order valence-electron chi connectivity index (χ1n) is 8.36. The molecule has 0 bridgehead atoms. The van der Waals surface area contributed by atoms with Crippen LogP contribution in [0.1, 0.15) is 71.1 Å². The smallest absolute Gasteiger partial charge is 0.0509 e. The second-order valence-corrected chi connectivity index (χ2v) is 6.57. The lowest BCUT2D eigenvalue weighted by atomic mass is 10.1. The molecule has 0 aliphatic rings. The van der Waals surface area contributed by atoms with Crippen molar-refractivity contribution in [2.24, 2.45) is 0 Å². The van der Waals surface area contributed by atoms with Crippen molar-refractivity contribution in [1.29, 1.82) is 0 Å². The summed E-state index contributed by atoms with van der Waals surface area (Å²) in [6.07, 6.45) is 13.8. The maximum atomic E-state index is 5.72. The molecule has 0 fully saturated rings. The van der Waals surface area contributed by atoms with Crippen molar-refractivity contribution in [1.82, 2.24) is 0 Å². The van der Waals surface area contributed by atoms with E-state index in [0.717, 1.165) is 6.61 Å². The van der Waals surface area contributed by atoms with Crippen molar-refractivity contribution in [3.05, 3.63) is 30.3 Å². The average Bonchev–Trinajstić information content (AvgIpc) is 2.49. The summed E-state index contributed by atoms with van der Waals surface area (Å²) in [5.74, 6) is 0. The van der Waals surface area contributed by atoms with Gasteiger partial charge in [-0.2, -0.15) is 0 Å². The van der Waals surface area contributed by atoms with Crippen molar-refractivity contribution >= 4 is 14.1 Å². The fourth-order valence-corrected chi connectivity index (χ4v) is 3.04. The van der Waals surface area contributed by atoms with E-state index in [2.05, 4.69) is 37.3 Å². The van der Waals surface area contributed by atoms with E-state index in [1.54, 1.807) is 0 Å². The predicted octanol–water partition coefficient (Wildman–Crippen LogP) is 5.84. The lowest BCUT2D eigenvalue weighted by molar-refractivity contribution is 0.348. The number of hydrogen-bond acceptors (Lipinski definition) is 1. The van der Waals surface area contributed by atoms with E-state index in [0.29, 0.717) is 8.81 Å². The second-order valence-electron chi connectivity index (χ2n) is 5.50. The third-order valence-electron chi connectivity index (χ3n) is 3.56. The Morgan fingerprint density at radius 1 is 0.750 bits per heavy atom. The van der Waals surface area contributed by atoms with Gasteiger partial charge in [0.2, 0.25) is 0 Å². The van der Waals surface area contributed by atoms with Crippen molar-refractivity contribution in [2.45, 2.75) is 71.1 Å². The third kappa shape index (κ3) is 10.4. The van der Waals surface area contributed by atoms with Gasteiger partial charge in [-0.15, -0.1) is 0 Å². The molecule has 0 heterocycles. The van der Waals surface area contributed by atoms with Gasteiger partial charge >= 0.3 is 0 Å². The monoisotopic (exact) mass is 294 g/mol. The molecular formula is C18H31OP. The molecule has 1 aromatic rings. The van der Waals surface area contributed by atoms with Crippen LogP contribution in [0.3, 0.4) is 0 Å². The van der Waals surface area contributed by atoms with Gasteiger partial charge in [-0.1, -0.05) is 95.0 Å². The lowest BCUT2D eigenvalue weighted by Gasteiger charge is -2.04. The topological polar surface area (TPSA) is 9.23 Å². The lowest BCUT2D eigenvalue weighted by Crippen LogP contribution is -1.95. The van der Waals surface area contributed by atoms with Gasteiger partial charge in [0.15, 0.2) is 0 Å². The molecule has 2 heteroatoms. The Kier molecular flexibility index (Phi) is 12.0. The van der Waals surface area contributed by atoms with Crippen LogP contribution in [0.4, 0.5) is 0 Å². The predicted molar refractivity (Wildman–Crippen MR) is 92.2 cm³/mol. The van der Waals surface area contributed by atoms with E-state index in [4.69, 9.17) is 4.52 Å². The SMILES string of the molecule is CCCCCCCCCCCCOPc1ccccc1. The zero-order valence-electron chi connectivity index (χ0n) is 13.1. The molecule has 0 spiro atoms. The molecule has 114 valence electrons. The van der Waals surface area contributed by atoms with Gasteiger partial charge in [0, 0.05) is 8.81 Å². The molecule has 1 nitrogen and oxygen atoms in total. The normalized spacial score (nSPS) is 11.4. The van der Waals surface area contributed by atoms with Gasteiger partial charge in [-0.3, -0.25) is 0 Å². The van der Waals surface area contributed by atoms with Crippen LogP contribution in [-0.4, -0.2) is 6.61 Å². The van der Waals surface area contributed by atoms with Crippen LogP contribution in [0.15, 0.2) is 30.3 Å². The molecule has 0 amide bonds. The fraction of sp³-hybridized carbons (Fsp3) is 0.667. The average molecular weight is 294 g/mol. The van der Waals surface area contributed by atoms with E-state index >= 15 is 0 Å². The van der Waals surface area contributed by atoms with E-state index in [1.165, 1.54) is 69.5 Å². The molecule has 0 aliphatic heterocycles. The van der Waals surface area contributed by atoms with Crippen LogP contribution in [0.5, 0.6) is 0 Å². The zero-order valence-corrected chi connectivity index (χ0v) is 14.1. The van der Waals surface area contributed by atoms with Gasteiger partial charge in [0.25, 0.3) is 0 Å². The number of hydrogen-bond donors (Lipinski definition) is 0. The van der Waals surface area contributed by atoms with Gasteiger partial charge in [-0.05, 0) is 11.7 Å². The summed E-state index contributed by atoms with van der Waals surface area (Å²) < 4.78 is 5.72. The minimum absolute atomic E-state index is 0.516. The molecule has 0 aromatic heterocycles. The van der Waals surface area contributed by atoms with Crippen LogP contribution in [-0.2, 0) is 4.52 Å². The first kappa shape index (κ1) is 17.7. The fourth-order valence-electron chi connectivity index (χ4n) is 2.30. The molecule has 20 heavy (non-hydrogen) atoms. The van der Waals surface area contributed by atoms with Gasteiger partial charge in [-0.25, -0.2) is 0 Å². The molecule has 0 N–H and O–H groups in total. The van der Waals surface area contributed by atoms with Crippen LogP contribution in [0, 0.1) is 0 Å². The summed E-state index contributed by atoms with van der Waals surface area (Å²) in [4.78, 5) is 0. The van der Waals surface area contributed by atoms with Crippen molar-refractivity contribution in [3.63, 3.8) is 0 Å². The zero-order chi connectivity index (χ0) is 14.3. The van der Waals surface area contributed by atoms with Crippen LogP contribution in [0.25, 0.3) is 0 Å². The quantitative estimate of drug-likeness (QED) is 0.328. The van der Waals surface area contributed by atoms with Gasteiger partial charge in [0.05, 0.1) is 6.61 Å². The van der Waals surface area contributed by atoms with Gasteiger partial charge in [0.1, 0.15) is 0 Å². The van der Waals surface area contributed by atoms with E-state index in [-0.39, 0.29) is 0 Å². The first-order chi connectivity index (χ1) is 9.93. The molecule has 1 atom stereocenters. The maximum absolute atomic E-state index is 5.72. The highest BCUT2D eigenvalue weighted by Gasteiger charge is 1.94. The standard InChI is InChI=1S/C18H31OP/c1-2-3-4-5-6-7-8-9-10-14-17-19-20-18-15-12-11-13-16-18/h11-13,15-16,20H,2-10,14,17H2,1H3. The Labute approximate surface area is 127 Å². The highest BCUT2D eigenvalue weighted by Crippen LogP contribution is 2.14. The van der Waals surface area contributed by atoms with E-state index in [9.17, 15) is 0 Å². The summed E-state index contributed by atoms with van der Waals surface area (Å²) >= 11 is 0. The number of rotatable bonds is 13. The summed E-state index contributed by atoms with van der Waals surface area (Å²) in [5.41, 5.74) is 0. The molecule has 1 aromatic carbocycles. The van der Waals surface area contributed by atoms with E-state index < -0.39 is 0 Å². The molecule has 1 unspecified atom stereocenters. The minimum Gasteiger partial charge on any atom is -0.358 e. The first-order valence-corrected chi connectivity index (χ1v) is 9.27. The molecule has 0 aliphatic carbocycles. The number of unbranched alkanes of at least 4 members (excludes halogenated alkanes) is 9. The Balaban J connectivity index is 1.77. The van der Waals surface area contributed by atoms with E-state index in [1.807, 2.05) is 0 Å². The Morgan fingerprint density at radius 3 is 1.90 bits per heavy atom. The highest BCUT2D eigenvalue weighted by molar-refractivity contribution is 7.41. The summed E-state index contributed by atoms with van der Waals surface area (Å²) in [7, 11) is 0.516. The largest absolute Gasteiger partial charge is 0.358 e. The third-order valence-corrected chi connectivity index (χ3v) is 4.48. The summed E-state index contributed by atoms with van der Waals surface area (Å²) in [6.45, 7) is 3.20. The van der Waals surface area contributed by atoms with Crippen molar-refractivity contribution < 1.29 is 4.52 Å². The molecule has 0 radical (unpaired) electrons. The Morgan fingerprint density at radius 2 is 1.30 bits per heavy atom. The molecule has 1 rings (SSSR count). The maximum Gasteiger partial charge on any atom is 0.0509 e. The van der Waals surface area contributed by atoms with Crippen LogP contribution in [0.2, 0.25) is 0 Å². The van der Waals surface area contributed by atoms with Gasteiger partial charge < -0.3 is 4.52 Å². The summed E-state index contributed by atoms with van der Waals surface area (Å²) in [5, 5.41) is 1.31. The van der Waals surface area contributed by atoms with Crippen molar-refractivity contribution in [2.75, 3.05) is 6.61 Å². The van der Waals surface area contributed by atoms with Crippen LogP contribution < -0.4 is 5.30 Å². The Hall–Kier alpha value is -0.390. The second kappa shape index (κ2) is 13.6. The molecule has 0 saturated heterocycles.